The van der Waals surface area contributed by atoms with E-state index in [1.165, 1.54) is 32.1 Å². The van der Waals surface area contributed by atoms with Crippen LogP contribution >= 0.6 is 0 Å². The summed E-state index contributed by atoms with van der Waals surface area (Å²) in [5.41, 5.74) is 0. The van der Waals surface area contributed by atoms with Crippen molar-refractivity contribution < 1.29 is 13.2 Å². The van der Waals surface area contributed by atoms with Gasteiger partial charge in [-0.2, -0.15) is 13.2 Å². The van der Waals surface area contributed by atoms with Gasteiger partial charge in [0.2, 0.25) is 0 Å². The summed E-state index contributed by atoms with van der Waals surface area (Å²) in [4.78, 5) is 0. The number of alkyl halides is 3. The summed E-state index contributed by atoms with van der Waals surface area (Å²) in [6, 6.07) is 0. The lowest BCUT2D eigenvalue weighted by Gasteiger charge is -2.27. The lowest BCUT2D eigenvalue weighted by Crippen LogP contribution is -2.27. The molecule has 0 aliphatic heterocycles. The third-order valence-corrected chi connectivity index (χ3v) is 3.79. The molecule has 0 bridgehead atoms. The minimum absolute atomic E-state index is 0.202. The van der Waals surface area contributed by atoms with Gasteiger partial charge in [0.25, 0.3) is 0 Å². The number of hydrogen-bond donors (Lipinski definition) is 1. The maximum absolute atomic E-state index is 11.9. The van der Waals surface area contributed by atoms with Crippen molar-refractivity contribution in [2.24, 2.45) is 11.8 Å². The Kier molecular flexibility index (Phi) is 6.31. The van der Waals surface area contributed by atoms with Crippen LogP contribution in [-0.2, 0) is 0 Å². The van der Waals surface area contributed by atoms with Crippen LogP contribution in [0.15, 0.2) is 0 Å². The Morgan fingerprint density at radius 2 is 1.65 bits per heavy atom. The number of rotatable bonds is 6. The van der Waals surface area contributed by atoms with E-state index in [1.807, 2.05) is 0 Å². The van der Waals surface area contributed by atoms with Gasteiger partial charge >= 0.3 is 6.18 Å². The molecule has 1 saturated carbocycles. The average Bonchev–Trinajstić information content (AvgIpc) is 2.28. The largest absolute Gasteiger partial charge is 0.389 e. The number of hydrogen-bond acceptors (Lipinski definition) is 1. The van der Waals surface area contributed by atoms with Gasteiger partial charge in [0.05, 0.1) is 0 Å². The van der Waals surface area contributed by atoms with E-state index in [0.717, 1.165) is 12.5 Å². The van der Waals surface area contributed by atoms with Crippen molar-refractivity contribution in [3.8, 4) is 0 Å². The molecule has 0 radical (unpaired) electrons. The second kappa shape index (κ2) is 7.24. The van der Waals surface area contributed by atoms with Crippen LogP contribution in [0.25, 0.3) is 0 Å². The summed E-state index contributed by atoms with van der Waals surface area (Å²) in [5.74, 6) is 1.57. The van der Waals surface area contributed by atoms with Crippen LogP contribution in [-0.4, -0.2) is 19.3 Å². The van der Waals surface area contributed by atoms with E-state index < -0.39 is 12.6 Å². The molecule has 1 fully saturated rings. The molecule has 0 amide bonds. The van der Waals surface area contributed by atoms with E-state index >= 15 is 0 Å². The van der Waals surface area contributed by atoms with Gasteiger partial charge in [-0.1, -0.05) is 26.2 Å². The van der Waals surface area contributed by atoms with Crippen molar-refractivity contribution in [1.82, 2.24) is 5.32 Å². The highest BCUT2D eigenvalue weighted by Gasteiger charge is 2.26. The Bertz CT molecular complexity index is 195. The first-order valence-corrected chi connectivity index (χ1v) is 6.78. The van der Waals surface area contributed by atoms with Crippen LogP contribution in [0.5, 0.6) is 0 Å². The van der Waals surface area contributed by atoms with Crippen LogP contribution in [0, 0.1) is 11.8 Å². The van der Waals surface area contributed by atoms with E-state index in [2.05, 4.69) is 12.2 Å². The van der Waals surface area contributed by atoms with Gasteiger partial charge in [-0.05, 0) is 44.2 Å². The molecule has 0 unspecified atom stereocenters. The summed E-state index contributed by atoms with van der Waals surface area (Å²) in [5, 5.41) is 3.16. The zero-order valence-corrected chi connectivity index (χ0v) is 10.7. The van der Waals surface area contributed by atoms with Crippen molar-refractivity contribution in [1.29, 1.82) is 0 Å². The molecule has 1 aliphatic carbocycles. The molecule has 1 N–H and O–H groups in total. The van der Waals surface area contributed by atoms with Crippen molar-refractivity contribution in [3.63, 3.8) is 0 Å². The normalized spacial score (nSPS) is 26.1. The molecule has 0 saturated heterocycles. The second-order valence-electron chi connectivity index (χ2n) is 5.22. The molecule has 0 aromatic rings. The molecule has 102 valence electrons. The highest BCUT2D eigenvalue weighted by Crippen LogP contribution is 2.30. The van der Waals surface area contributed by atoms with E-state index in [1.54, 1.807) is 0 Å². The van der Waals surface area contributed by atoms with Crippen molar-refractivity contribution in [3.05, 3.63) is 0 Å². The average molecular weight is 251 g/mol. The zero-order chi connectivity index (χ0) is 12.7. The maximum atomic E-state index is 11.9. The predicted octanol–water partition coefficient (Wildman–Crippen LogP) is 4.13. The summed E-state index contributed by atoms with van der Waals surface area (Å²) in [6.07, 6.45) is 1.88. The molecular weight excluding hydrogens is 227 g/mol. The van der Waals surface area contributed by atoms with Crippen LogP contribution < -0.4 is 5.32 Å². The van der Waals surface area contributed by atoms with Gasteiger partial charge in [0.15, 0.2) is 0 Å². The standard InChI is InChI=1S/C13H24F3N/c1-2-11-4-6-12(7-5-11)10-17-9-3-8-13(14,15)16/h11-12,17H,2-10H2,1H3. The molecule has 0 heterocycles. The van der Waals surface area contributed by atoms with Gasteiger partial charge in [0, 0.05) is 6.42 Å². The first kappa shape index (κ1) is 14.8. The summed E-state index contributed by atoms with van der Waals surface area (Å²) < 4.78 is 35.7. The zero-order valence-electron chi connectivity index (χ0n) is 10.7. The topological polar surface area (TPSA) is 12.0 Å². The smallest absolute Gasteiger partial charge is 0.316 e. The van der Waals surface area contributed by atoms with E-state index in [-0.39, 0.29) is 6.42 Å². The summed E-state index contributed by atoms with van der Waals surface area (Å²) >= 11 is 0. The van der Waals surface area contributed by atoms with Crippen molar-refractivity contribution >= 4 is 0 Å². The fourth-order valence-corrected chi connectivity index (χ4v) is 2.56. The first-order valence-electron chi connectivity index (χ1n) is 6.78. The predicted molar refractivity (Wildman–Crippen MR) is 63.9 cm³/mol. The summed E-state index contributed by atoms with van der Waals surface area (Å²) in [7, 11) is 0. The molecule has 1 aliphatic rings. The van der Waals surface area contributed by atoms with Gasteiger partial charge in [-0.25, -0.2) is 0 Å². The minimum Gasteiger partial charge on any atom is -0.316 e. The van der Waals surface area contributed by atoms with Gasteiger partial charge in [-0.15, -0.1) is 0 Å². The lowest BCUT2D eigenvalue weighted by atomic mass is 9.81. The van der Waals surface area contributed by atoms with Crippen molar-refractivity contribution in [2.75, 3.05) is 13.1 Å². The Morgan fingerprint density at radius 3 is 2.18 bits per heavy atom. The van der Waals surface area contributed by atoms with E-state index in [9.17, 15) is 13.2 Å². The van der Waals surface area contributed by atoms with Crippen LogP contribution in [0.2, 0.25) is 0 Å². The van der Waals surface area contributed by atoms with E-state index in [4.69, 9.17) is 0 Å². The Morgan fingerprint density at radius 1 is 1.06 bits per heavy atom. The SMILES string of the molecule is CCC1CCC(CNCCCC(F)(F)F)CC1. The molecule has 4 heteroatoms. The van der Waals surface area contributed by atoms with Crippen molar-refractivity contribution in [2.45, 2.75) is 58.0 Å². The monoisotopic (exact) mass is 251 g/mol. The fraction of sp³-hybridized carbons (Fsp3) is 1.00. The van der Waals surface area contributed by atoms with Crippen LogP contribution in [0.1, 0.15) is 51.9 Å². The quantitative estimate of drug-likeness (QED) is 0.700. The highest BCUT2D eigenvalue weighted by molar-refractivity contribution is 4.73. The minimum atomic E-state index is -4.00. The molecular formula is C13H24F3N. The third kappa shape index (κ3) is 6.92. The molecule has 0 spiro atoms. The number of nitrogens with one attached hydrogen (secondary N) is 1. The van der Waals surface area contributed by atoms with Gasteiger partial charge in [-0.3, -0.25) is 0 Å². The molecule has 1 rings (SSSR count). The third-order valence-electron chi connectivity index (χ3n) is 3.79. The summed E-state index contributed by atoms with van der Waals surface area (Å²) in [6.45, 7) is 3.63. The maximum Gasteiger partial charge on any atom is 0.389 e. The molecule has 1 nitrogen and oxygen atoms in total. The molecule has 0 aromatic heterocycles. The first-order chi connectivity index (χ1) is 8.01. The van der Waals surface area contributed by atoms with Gasteiger partial charge < -0.3 is 5.32 Å². The Balaban J connectivity index is 1.97. The van der Waals surface area contributed by atoms with Crippen LogP contribution in [0.3, 0.4) is 0 Å². The highest BCUT2D eigenvalue weighted by atomic mass is 19.4. The lowest BCUT2D eigenvalue weighted by molar-refractivity contribution is -0.135. The molecule has 17 heavy (non-hydrogen) atoms. The Hall–Kier alpha value is -0.250. The number of halogens is 3. The fourth-order valence-electron chi connectivity index (χ4n) is 2.56. The second-order valence-corrected chi connectivity index (χ2v) is 5.22. The molecule has 0 atom stereocenters. The molecule has 0 aromatic carbocycles. The Labute approximate surface area is 102 Å². The van der Waals surface area contributed by atoms with Gasteiger partial charge in [0.1, 0.15) is 0 Å². The van der Waals surface area contributed by atoms with E-state index in [0.29, 0.717) is 12.5 Å². The van der Waals surface area contributed by atoms with Crippen LogP contribution in [0.4, 0.5) is 13.2 Å².